The number of alkyl halides is 2. The molecule has 1 amide bonds. The van der Waals surface area contributed by atoms with Gasteiger partial charge in [0.15, 0.2) is 0 Å². The number of hydrogen-bond donors (Lipinski definition) is 1. The number of benzene rings is 2. The third-order valence-corrected chi connectivity index (χ3v) is 4.53. The Morgan fingerprint density at radius 3 is 2.61 bits per heavy atom. The van der Waals surface area contributed by atoms with E-state index >= 15 is 0 Å². The van der Waals surface area contributed by atoms with Crippen molar-refractivity contribution in [2.24, 2.45) is 0 Å². The number of hydrogen-bond acceptors (Lipinski definition) is 4. The highest BCUT2D eigenvalue weighted by atomic mass is 32.2. The van der Waals surface area contributed by atoms with Crippen LogP contribution in [0.2, 0.25) is 0 Å². The summed E-state index contributed by atoms with van der Waals surface area (Å²) in [6, 6.07) is 19.2. The monoisotopic (exact) mass is 400 g/mol. The van der Waals surface area contributed by atoms with E-state index in [1.54, 1.807) is 6.20 Å². The summed E-state index contributed by atoms with van der Waals surface area (Å²) < 4.78 is 30.4. The minimum Gasteiger partial charge on any atom is -0.487 e. The minimum atomic E-state index is -2.48. The molecule has 4 nitrogen and oxygen atoms in total. The number of rotatable bonds is 8. The molecule has 0 atom stereocenters. The Bertz CT molecular complexity index is 906. The largest absolute Gasteiger partial charge is 0.487 e. The number of carbonyl (C=O) groups excluding carboxylic acids is 1. The van der Waals surface area contributed by atoms with Crippen LogP contribution in [-0.4, -0.2) is 16.6 Å². The Hall–Kier alpha value is -2.93. The lowest BCUT2D eigenvalue weighted by molar-refractivity contribution is 0.0951. The van der Waals surface area contributed by atoms with Crippen molar-refractivity contribution in [3.05, 3.63) is 89.7 Å². The second-order valence-corrected chi connectivity index (χ2v) is 6.91. The van der Waals surface area contributed by atoms with E-state index in [0.29, 0.717) is 41.1 Å². The first-order chi connectivity index (χ1) is 13.6. The van der Waals surface area contributed by atoms with Gasteiger partial charge in [-0.05, 0) is 54.1 Å². The molecule has 0 saturated heterocycles. The van der Waals surface area contributed by atoms with Crippen LogP contribution in [0, 0.1) is 0 Å². The van der Waals surface area contributed by atoms with Gasteiger partial charge in [0.05, 0.1) is 5.69 Å². The number of carbonyl (C=O) groups is 1. The number of thioether (sulfide) groups is 1. The fourth-order valence-corrected chi connectivity index (χ4v) is 2.96. The Kier molecular flexibility index (Phi) is 6.97. The highest BCUT2D eigenvalue weighted by Gasteiger charge is 2.08. The molecule has 144 valence electrons. The molecule has 3 rings (SSSR count). The standard InChI is InChI=1S/C21H18F2N2O2S/c22-21(23)28-19-9-7-16(8-10-19)20(26)25-13-15-4-3-6-18(12-15)27-14-17-5-1-2-11-24-17/h1-12,21H,13-14H2,(H,25,26). The number of aromatic nitrogens is 1. The van der Waals surface area contributed by atoms with Crippen LogP contribution in [0.1, 0.15) is 21.6 Å². The van der Waals surface area contributed by atoms with Gasteiger partial charge in [-0.3, -0.25) is 9.78 Å². The second-order valence-electron chi connectivity index (χ2n) is 5.84. The van der Waals surface area contributed by atoms with Crippen molar-refractivity contribution in [2.45, 2.75) is 23.8 Å². The first-order valence-corrected chi connectivity index (χ1v) is 9.43. The molecule has 0 spiro atoms. The van der Waals surface area contributed by atoms with Crippen molar-refractivity contribution in [3.63, 3.8) is 0 Å². The van der Waals surface area contributed by atoms with Gasteiger partial charge in [-0.25, -0.2) is 0 Å². The maximum atomic E-state index is 12.3. The van der Waals surface area contributed by atoms with Crippen LogP contribution < -0.4 is 10.1 Å². The fourth-order valence-electron chi connectivity index (χ4n) is 2.46. The molecule has 0 aliphatic heterocycles. The molecule has 1 N–H and O–H groups in total. The zero-order valence-corrected chi connectivity index (χ0v) is 15.7. The summed E-state index contributed by atoms with van der Waals surface area (Å²) in [6.45, 7) is 0.687. The molecule has 7 heteroatoms. The fraction of sp³-hybridized carbons (Fsp3) is 0.143. The molecular formula is C21H18F2N2O2S. The molecule has 1 heterocycles. The SMILES string of the molecule is O=C(NCc1cccc(OCc2ccccn2)c1)c1ccc(SC(F)F)cc1. The zero-order chi connectivity index (χ0) is 19.8. The van der Waals surface area contributed by atoms with E-state index in [0.717, 1.165) is 11.3 Å². The van der Waals surface area contributed by atoms with Gasteiger partial charge in [-0.2, -0.15) is 8.78 Å². The average Bonchev–Trinajstić information content (AvgIpc) is 2.72. The van der Waals surface area contributed by atoms with Gasteiger partial charge in [0.2, 0.25) is 0 Å². The van der Waals surface area contributed by atoms with Gasteiger partial charge < -0.3 is 10.1 Å². The third-order valence-electron chi connectivity index (χ3n) is 3.81. The van der Waals surface area contributed by atoms with Crippen LogP contribution in [0.3, 0.4) is 0 Å². The lowest BCUT2D eigenvalue weighted by atomic mass is 10.2. The first kappa shape index (κ1) is 19.8. The highest BCUT2D eigenvalue weighted by molar-refractivity contribution is 7.99. The van der Waals surface area contributed by atoms with Crippen molar-refractivity contribution in [2.75, 3.05) is 0 Å². The van der Waals surface area contributed by atoms with Gasteiger partial charge in [-0.1, -0.05) is 30.0 Å². The number of pyridine rings is 1. The topological polar surface area (TPSA) is 51.2 Å². The molecule has 2 aromatic carbocycles. The van der Waals surface area contributed by atoms with E-state index in [1.807, 2.05) is 42.5 Å². The molecule has 1 aromatic heterocycles. The van der Waals surface area contributed by atoms with Crippen LogP contribution in [0.25, 0.3) is 0 Å². The van der Waals surface area contributed by atoms with E-state index in [1.165, 1.54) is 24.3 Å². The van der Waals surface area contributed by atoms with Crippen LogP contribution in [0.5, 0.6) is 5.75 Å². The van der Waals surface area contributed by atoms with E-state index in [9.17, 15) is 13.6 Å². The zero-order valence-electron chi connectivity index (χ0n) is 14.8. The summed E-state index contributed by atoms with van der Waals surface area (Å²) >= 11 is 0.450. The van der Waals surface area contributed by atoms with Crippen molar-refractivity contribution in [3.8, 4) is 5.75 Å². The highest BCUT2D eigenvalue weighted by Crippen LogP contribution is 2.25. The first-order valence-electron chi connectivity index (χ1n) is 8.55. The van der Waals surface area contributed by atoms with Crippen molar-refractivity contribution in [1.82, 2.24) is 10.3 Å². The number of amides is 1. The molecule has 0 radical (unpaired) electrons. The Labute approximate surface area is 166 Å². The van der Waals surface area contributed by atoms with Crippen LogP contribution in [-0.2, 0) is 13.2 Å². The number of ether oxygens (including phenoxy) is 1. The van der Waals surface area contributed by atoms with E-state index in [2.05, 4.69) is 10.3 Å². The molecule has 0 aliphatic rings. The summed E-state index contributed by atoms with van der Waals surface area (Å²) in [5.41, 5.74) is 2.13. The molecule has 28 heavy (non-hydrogen) atoms. The summed E-state index contributed by atoms with van der Waals surface area (Å²) in [4.78, 5) is 16.9. The summed E-state index contributed by atoms with van der Waals surface area (Å²) in [6.07, 6.45) is 1.71. The van der Waals surface area contributed by atoms with Crippen molar-refractivity contribution >= 4 is 17.7 Å². The normalized spacial score (nSPS) is 10.7. The molecule has 3 aromatic rings. The Morgan fingerprint density at radius 1 is 1.07 bits per heavy atom. The van der Waals surface area contributed by atoms with Gasteiger partial charge >= 0.3 is 0 Å². The van der Waals surface area contributed by atoms with Gasteiger partial charge in [-0.15, -0.1) is 0 Å². The molecule has 0 aliphatic carbocycles. The number of nitrogens with one attached hydrogen (secondary N) is 1. The van der Waals surface area contributed by atoms with E-state index < -0.39 is 5.76 Å². The number of halogens is 2. The quantitative estimate of drug-likeness (QED) is 0.546. The van der Waals surface area contributed by atoms with Crippen LogP contribution >= 0.6 is 11.8 Å². The summed E-state index contributed by atoms with van der Waals surface area (Å²) in [5.74, 6) is -2.06. The molecule has 0 fully saturated rings. The minimum absolute atomic E-state index is 0.270. The predicted octanol–water partition coefficient (Wildman–Crippen LogP) is 4.91. The average molecular weight is 400 g/mol. The maximum Gasteiger partial charge on any atom is 0.288 e. The van der Waals surface area contributed by atoms with E-state index in [-0.39, 0.29) is 5.91 Å². The second kappa shape index (κ2) is 9.85. The van der Waals surface area contributed by atoms with Crippen molar-refractivity contribution in [1.29, 1.82) is 0 Å². The predicted molar refractivity (Wildman–Crippen MR) is 104 cm³/mol. The third kappa shape index (κ3) is 6.06. The van der Waals surface area contributed by atoms with Crippen LogP contribution in [0.15, 0.2) is 77.8 Å². The Balaban J connectivity index is 1.53. The van der Waals surface area contributed by atoms with Crippen LogP contribution in [0.4, 0.5) is 8.78 Å². The maximum absolute atomic E-state index is 12.3. The molecular weight excluding hydrogens is 382 g/mol. The number of nitrogens with zero attached hydrogens (tertiary/aromatic N) is 1. The van der Waals surface area contributed by atoms with Gasteiger partial charge in [0, 0.05) is 23.2 Å². The molecule has 0 saturated carbocycles. The lowest BCUT2D eigenvalue weighted by Crippen LogP contribution is -2.22. The van der Waals surface area contributed by atoms with E-state index in [4.69, 9.17) is 4.74 Å². The lowest BCUT2D eigenvalue weighted by Gasteiger charge is -2.09. The van der Waals surface area contributed by atoms with Gasteiger partial charge in [0.25, 0.3) is 11.7 Å². The summed E-state index contributed by atoms with van der Waals surface area (Å²) in [7, 11) is 0. The summed E-state index contributed by atoms with van der Waals surface area (Å²) in [5, 5.41) is 2.81. The molecule has 0 unspecified atom stereocenters. The van der Waals surface area contributed by atoms with Gasteiger partial charge in [0.1, 0.15) is 12.4 Å². The molecule has 0 bridgehead atoms. The Morgan fingerprint density at radius 2 is 1.89 bits per heavy atom. The smallest absolute Gasteiger partial charge is 0.288 e. The van der Waals surface area contributed by atoms with Crippen molar-refractivity contribution < 1.29 is 18.3 Å².